The number of aliphatic hydroxyl groups excluding tert-OH is 1. The van der Waals surface area contributed by atoms with E-state index in [2.05, 4.69) is 5.32 Å². The molecule has 1 amide bonds. The molecule has 0 aliphatic rings. The van der Waals surface area contributed by atoms with E-state index >= 15 is 0 Å². The number of para-hydroxylation sites is 1. The number of nitrogens with zero attached hydrogens (tertiary/aromatic N) is 1. The van der Waals surface area contributed by atoms with Gasteiger partial charge in [-0.3, -0.25) is 9.69 Å². The molecule has 0 saturated heterocycles. The van der Waals surface area contributed by atoms with Crippen LogP contribution in [0, 0.1) is 0 Å². The van der Waals surface area contributed by atoms with Gasteiger partial charge in [0.2, 0.25) is 0 Å². The first-order valence-corrected chi connectivity index (χ1v) is 7.89. The lowest BCUT2D eigenvalue weighted by atomic mass is 10.1. The lowest BCUT2D eigenvalue weighted by Crippen LogP contribution is -2.31. The van der Waals surface area contributed by atoms with Crippen molar-refractivity contribution < 1.29 is 14.6 Å². The summed E-state index contributed by atoms with van der Waals surface area (Å²) in [5.74, 6) is -0.128. The Kier molecular flexibility index (Phi) is 6.93. The number of nitrogens with one attached hydrogen (secondary N) is 1. The summed E-state index contributed by atoms with van der Waals surface area (Å²) < 4.78 is 4.92. The standard InChI is InChI=1S/C19H24N2O3/c1-21(13-18(22)14-24-2)12-15-8-10-16(11-9-15)19(23)20-17-6-4-3-5-7-17/h3-11,18,22H,12-14H2,1-2H3,(H,20,23). The number of anilines is 1. The first-order chi connectivity index (χ1) is 11.6. The van der Waals surface area contributed by atoms with Crippen LogP contribution in [-0.4, -0.2) is 49.3 Å². The minimum atomic E-state index is -0.504. The number of benzene rings is 2. The van der Waals surface area contributed by atoms with E-state index in [1.165, 1.54) is 0 Å². The second-order valence-electron chi connectivity index (χ2n) is 5.82. The highest BCUT2D eigenvalue weighted by Crippen LogP contribution is 2.11. The molecule has 1 atom stereocenters. The van der Waals surface area contributed by atoms with Gasteiger partial charge in [0.15, 0.2) is 0 Å². The van der Waals surface area contributed by atoms with Gasteiger partial charge in [-0.2, -0.15) is 0 Å². The van der Waals surface area contributed by atoms with E-state index in [1.54, 1.807) is 7.11 Å². The van der Waals surface area contributed by atoms with E-state index in [-0.39, 0.29) is 5.91 Å². The summed E-state index contributed by atoms with van der Waals surface area (Å²) in [5.41, 5.74) is 2.47. The van der Waals surface area contributed by atoms with E-state index in [9.17, 15) is 9.90 Å². The molecule has 2 rings (SSSR count). The predicted molar refractivity (Wildman–Crippen MR) is 95.1 cm³/mol. The fourth-order valence-electron chi connectivity index (χ4n) is 2.47. The summed E-state index contributed by atoms with van der Waals surface area (Å²) in [6.07, 6.45) is -0.504. The molecule has 0 heterocycles. The number of ether oxygens (including phenoxy) is 1. The summed E-state index contributed by atoms with van der Waals surface area (Å²) in [6, 6.07) is 16.9. The van der Waals surface area contributed by atoms with Crippen LogP contribution in [0.5, 0.6) is 0 Å². The fourth-order valence-corrected chi connectivity index (χ4v) is 2.47. The van der Waals surface area contributed by atoms with Gasteiger partial charge in [0, 0.05) is 31.5 Å². The van der Waals surface area contributed by atoms with E-state index in [0.717, 1.165) is 11.3 Å². The van der Waals surface area contributed by atoms with Crippen molar-refractivity contribution in [1.29, 1.82) is 0 Å². The number of likely N-dealkylation sites (N-methyl/N-ethyl adjacent to an activating group) is 1. The third-order valence-corrected chi connectivity index (χ3v) is 3.58. The van der Waals surface area contributed by atoms with Gasteiger partial charge in [-0.1, -0.05) is 30.3 Å². The van der Waals surface area contributed by atoms with Crippen molar-refractivity contribution in [2.45, 2.75) is 12.6 Å². The molecule has 5 heteroatoms. The first kappa shape index (κ1) is 18.1. The van der Waals surface area contributed by atoms with Gasteiger partial charge in [0.1, 0.15) is 0 Å². The zero-order valence-electron chi connectivity index (χ0n) is 14.1. The smallest absolute Gasteiger partial charge is 0.255 e. The van der Waals surface area contributed by atoms with Gasteiger partial charge >= 0.3 is 0 Å². The third-order valence-electron chi connectivity index (χ3n) is 3.58. The Hall–Kier alpha value is -2.21. The van der Waals surface area contributed by atoms with Crippen molar-refractivity contribution in [2.24, 2.45) is 0 Å². The summed E-state index contributed by atoms with van der Waals surface area (Å²) in [7, 11) is 3.51. The molecule has 0 radical (unpaired) electrons. The normalized spacial score (nSPS) is 12.2. The van der Waals surface area contributed by atoms with Crippen molar-refractivity contribution in [3.63, 3.8) is 0 Å². The van der Waals surface area contributed by atoms with E-state index in [0.29, 0.717) is 25.3 Å². The number of hydrogen-bond acceptors (Lipinski definition) is 4. The molecule has 24 heavy (non-hydrogen) atoms. The van der Waals surface area contributed by atoms with Crippen molar-refractivity contribution >= 4 is 11.6 Å². The number of hydrogen-bond donors (Lipinski definition) is 2. The average molecular weight is 328 g/mol. The van der Waals surface area contributed by atoms with Crippen molar-refractivity contribution in [3.05, 3.63) is 65.7 Å². The lowest BCUT2D eigenvalue weighted by Gasteiger charge is -2.20. The van der Waals surface area contributed by atoms with Gasteiger partial charge in [0.05, 0.1) is 12.7 Å². The molecule has 0 bridgehead atoms. The number of rotatable bonds is 8. The number of amides is 1. The Morgan fingerprint density at radius 3 is 2.46 bits per heavy atom. The highest BCUT2D eigenvalue weighted by atomic mass is 16.5. The van der Waals surface area contributed by atoms with Gasteiger partial charge in [0.25, 0.3) is 5.91 Å². The van der Waals surface area contributed by atoms with Crippen LogP contribution in [0.4, 0.5) is 5.69 Å². The molecule has 0 spiro atoms. The molecule has 128 valence electrons. The number of aliphatic hydroxyl groups is 1. The number of carbonyl (C=O) groups is 1. The Balaban J connectivity index is 1.89. The third kappa shape index (κ3) is 5.77. The molecule has 0 saturated carbocycles. The van der Waals surface area contributed by atoms with Crippen molar-refractivity contribution in [1.82, 2.24) is 4.90 Å². The van der Waals surface area contributed by atoms with Gasteiger partial charge in [-0.15, -0.1) is 0 Å². The molecule has 2 aromatic rings. The van der Waals surface area contributed by atoms with Crippen LogP contribution in [-0.2, 0) is 11.3 Å². The Labute approximate surface area is 142 Å². The maximum Gasteiger partial charge on any atom is 0.255 e. The largest absolute Gasteiger partial charge is 0.389 e. The van der Waals surface area contributed by atoms with Crippen LogP contribution in [0.15, 0.2) is 54.6 Å². The zero-order valence-corrected chi connectivity index (χ0v) is 14.1. The highest BCUT2D eigenvalue weighted by molar-refractivity contribution is 6.04. The highest BCUT2D eigenvalue weighted by Gasteiger charge is 2.09. The zero-order chi connectivity index (χ0) is 17.4. The number of carbonyl (C=O) groups excluding carboxylic acids is 1. The summed E-state index contributed by atoms with van der Waals surface area (Å²) in [5, 5.41) is 12.6. The second-order valence-corrected chi connectivity index (χ2v) is 5.82. The second kappa shape index (κ2) is 9.17. The molecule has 0 aromatic heterocycles. The van der Waals surface area contributed by atoms with Crippen LogP contribution in [0.3, 0.4) is 0 Å². The quantitative estimate of drug-likeness (QED) is 0.781. The van der Waals surface area contributed by atoms with Crippen LogP contribution in [0.1, 0.15) is 15.9 Å². The van der Waals surface area contributed by atoms with Crippen molar-refractivity contribution in [3.8, 4) is 0 Å². The maximum absolute atomic E-state index is 12.2. The summed E-state index contributed by atoms with van der Waals surface area (Å²) in [6.45, 7) is 1.55. The van der Waals surface area contributed by atoms with Crippen LogP contribution < -0.4 is 5.32 Å². The van der Waals surface area contributed by atoms with Crippen LogP contribution in [0.25, 0.3) is 0 Å². The summed E-state index contributed by atoms with van der Waals surface area (Å²) >= 11 is 0. The van der Waals surface area contributed by atoms with Gasteiger partial charge in [-0.05, 0) is 36.9 Å². The molecule has 0 fully saturated rings. The molecule has 0 aliphatic carbocycles. The maximum atomic E-state index is 12.2. The van der Waals surface area contributed by atoms with E-state index in [1.807, 2.05) is 66.5 Å². The van der Waals surface area contributed by atoms with Crippen molar-refractivity contribution in [2.75, 3.05) is 32.6 Å². The molecule has 2 aromatic carbocycles. The SMILES string of the molecule is COCC(O)CN(C)Cc1ccc(C(=O)Nc2ccccc2)cc1. The number of methoxy groups -OCH3 is 1. The van der Waals surface area contributed by atoms with E-state index in [4.69, 9.17) is 4.74 Å². The Morgan fingerprint density at radius 1 is 1.17 bits per heavy atom. The minimum Gasteiger partial charge on any atom is -0.389 e. The molecular weight excluding hydrogens is 304 g/mol. The fraction of sp³-hybridized carbons (Fsp3) is 0.316. The average Bonchev–Trinajstić information content (AvgIpc) is 2.56. The van der Waals surface area contributed by atoms with Gasteiger partial charge < -0.3 is 15.2 Å². The Bertz CT molecular complexity index is 629. The lowest BCUT2D eigenvalue weighted by molar-refractivity contribution is 0.0419. The molecule has 0 aliphatic heterocycles. The molecule has 1 unspecified atom stereocenters. The van der Waals surface area contributed by atoms with E-state index < -0.39 is 6.10 Å². The summed E-state index contributed by atoms with van der Waals surface area (Å²) in [4.78, 5) is 14.2. The Morgan fingerprint density at radius 2 is 1.83 bits per heavy atom. The topological polar surface area (TPSA) is 61.8 Å². The van der Waals surface area contributed by atoms with Gasteiger partial charge in [-0.25, -0.2) is 0 Å². The molecule has 2 N–H and O–H groups in total. The first-order valence-electron chi connectivity index (χ1n) is 7.89. The molecule has 5 nitrogen and oxygen atoms in total. The minimum absolute atomic E-state index is 0.128. The predicted octanol–water partition coefficient (Wildman–Crippen LogP) is 2.38. The van der Waals surface area contributed by atoms with Crippen LogP contribution in [0.2, 0.25) is 0 Å². The molecular formula is C19H24N2O3. The monoisotopic (exact) mass is 328 g/mol. The van der Waals surface area contributed by atoms with Crippen LogP contribution >= 0.6 is 0 Å².